The molecule has 0 unspecified atom stereocenters. The number of methoxy groups -OCH3 is 1. The maximum atomic E-state index is 12.1. The summed E-state index contributed by atoms with van der Waals surface area (Å²) in [5, 5.41) is 4.94. The van der Waals surface area contributed by atoms with Crippen LogP contribution in [0.15, 0.2) is 18.2 Å². The number of rotatable bonds is 9. The van der Waals surface area contributed by atoms with E-state index >= 15 is 0 Å². The second-order valence-corrected chi connectivity index (χ2v) is 6.60. The number of hydrogen-bond donors (Lipinski definition) is 2. The fourth-order valence-electron chi connectivity index (χ4n) is 2.35. The molecule has 0 aliphatic carbocycles. The molecule has 8 nitrogen and oxygen atoms in total. The predicted molar refractivity (Wildman–Crippen MR) is 103 cm³/mol. The second kappa shape index (κ2) is 11.1. The molecule has 154 valence electrons. The first-order chi connectivity index (χ1) is 13.2. The Morgan fingerprint density at radius 2 is 1.79 bits per heavy atom. The monoisotopic (exact) mass is 392 g/mol. The average molecular weight is 392 g/mol. The van der Waals surface area contributed by atoms with Crippen LogP contribution in [0.4, 0.5) is 0 Å². The van der Waals surface area contributed by atoms with Crippen molar-refractivity contribution in [2.24, 2.45) is 5.92 Å². The third-order valence-corrected chi connectivity index (χ3v) is 4.51. The summed E-state index contributed by atoms with van der Waals surface area (Å²) in [5.74, 6) is -2.49. The number of aryl methyl sites for hydroxylation is 2. The fourth-order valence-corrected chi connectivity index (χ4v) is 2.35. The maximum Gasteiger partial charge on any atom is 0.328 e. The number of nitrogens with one attached hydrogen (secondary N) is 2. The van der Waals surface area contributed by atoms with Crippen LogP contribution < -0.4 is 10.6 Å². The molecule has 0 heterocycles. The minimum Gasteiger partial charge on any atom is -0.467 e. The molecule has 28 heavy (non-hydrogen) atoms. The highest BCUT2D eigenvalue weighted by Gasteiger charge is 2.26. The molecule has 0 saturated carbocycles. The molecule has 0 aromatic heterocycles. The molecular weight excluding hydrogens is 364 g/mol. The van der Waals surface area contributed by atoms with Crippen molar-refractivity contribution in [3.63, 3.8) is 0 Å². The molecule has 2 atom stereocenters. The van der Waals surface area contributed by atoms with Gasteiger partial charge < -0.3 is 20.1 Å². The Morgan fingerprint density at radius 3 is 2.36 bits per heavy atom. The van der Waals surface area contributed by atoms with Crippen LogP contribution in [0.1, 0.15) is 41.8 Å². The number of esters is 2. The van der Waals surface area contributed by atoms with Gasteiger partial charge in [-0.05, 0) is 43.0 Å². The SMILES string of the molecule is CC[C@H](C)[C@@H](NC(=O)COC(=O)CNC(=O)c1ccc(C)c(C)c1)C(=O)OC. The van der Waals surface area contributed by atoms with E-state index in [-0.39, 0.29) is 12.5 Å². The minimum atomic E-state index is -0.814. The number of carbonyl (C=O) groups excluding carboxylic acids is 4. The van der Waals surface area contributed by atoms with Gasteiger partial charge in [-0.2, -0.15) is 0 Å². The number of ether oxygens (including phenoxy) is 2. The van der Waals surface area contributed by atoms with Crippen LogP contribution in [0, 0.1) is 19.8 Å². The van der Waals surface area contributed by atoms with Gasteiger partial charge in [-0.3, -0.25) is 14.4 Å². The highest BCUT2D eigenvalue weighted by atomic mass is 16.5. The van der Waals surface area contributed by atoms with Crippen LogP contribution in [0.2, 0.25) is 0 Å². The Kier molecular flexibility index (Phi) is 9.14. The van der Waals surface area contributed by atoms with Crippen molar-refractivity contribution < 1.29 is 28.7 Å². The molecule has 8 heteroatoms. The third kappa shape index (κ3) is 7.02. The van der Waals surface area contributed by atoms with E-state index in [0.717, 1.165) is 11.1 Å². The molecule has 0 spiro atoms. The maximum absolute atomic E-state index is 12.1. The normalized spacial score (nSPS) is 12.5. The molecule has 0 fully saturated rings. The average Bonchev–Trinajstić information content (AvgIpc) is 2.69. The van der Waals surface area contributed by atoms with E-state index in [1.54, 1.807) is 19.1 Å². The zero-order chi connectivity index (χ0) is 21.3. The van der Waals surface area contributed by atoms with Gasteiger partial charge in [0.2, 0.25) is 0 Å². The summed E-state index contributed by atoms with van der Waals surface area (Å²) in [7, 11) is 1.24. The van der Waals surface area contributed by atoms with Crippen molar-refractivity contribution in [2.75, 3.05) is 20.3 Å². The fraction of sp³-hybridized carbons (Fsp3) is 0.500. The second-order valence-electron chi connectivity index (χ2n) is 6.60. The molecule has 2 amide bonds. The number of benzene rings is 1. The molecule has 1 aromatic carbocycles. The third-order valence-electron chi connectivity index (χ3n) is 4.51. The van der Waals surface area contributed by atoms with E-state index in [2.05, 4.69) is 15.4 Å². The van der Waals surface area contributed by atoms with Crippen molar-refractivity contribution >= 4 is 23.8 Å². The Bertz CT molecular complexity index is 731. The lowest BCUT2D eigenvalue weighted by molar-refractivity contribution is -0.150. The molecule has 0 bridgehead atoms. The van der Waals surface area contributed by atoms with Gasteiger partial charge in [0.25, 0.3) is 11.8 Å². The molecule has 1 aromatic rings. The highest BCUT2D eigenvalue weighted by molar-refractivity contribution is 5.96. The zero-order valence-electron chi connectivity index (χ0n) is 17.0. The topological polar surface area (TPSA) is 111 Å². The lowest BCUT2D eigenvalue weighted by Gasteiger charge is -2.21. The van der Waals surface area contributed by atoms with Gasteiger partial charge in [0, 0.05) is 5.56 Å². The number of carbonyl (C=O) groups is 4. The summed E-state index contributed by atoms with van der Waals surface area (Å²) in [6.07, 6.45) is 0.657. The molecule has 0 saturated heterocycles. The predicted octanol–water partition coefficient (Wildman–Crippen LogP) is 1.28. The van der Waals surface area contributed by atoms with Crippen LogP contribution in [0.5, 0.6) is 0 Å². The molecule has 0 radical (unpaired) electrons. The largest absolute Gasteiger partial charge is 0.467 e. The van der Waals surface area contributed by atoms with E-state index in [1.165, 1.54) is 7.11 Å². The quantitative estimate of drug-likeness (QED) is 0.613. The Labute approximate surface area is 165 Å². The minimum absolute atomic E-state index is 0.135. The summed E-state index contributed by atoms with van der Waals surface area (Å²) in [6.45, 7) is 6.58. The molecule has 0 aliphatic rings. The van der Waals surface area contributed by atoms with Gasteiger partial charge >= 0.3 is 11.9 Å². The lowest BCUT2D eigenvalue weighted by Crippen LogP contribution is -2.47. The van der Waals surface area contributed by atoms with Crippen molar-refractivity contribution in [2.45, 2.75) is 40.2 Å². The first kappa shape index (κ1) is 23.1. The smallest absolute Gasteiger partial charge is 0.328 e. The Morgan fingerprint density at radius 1 is 1.11 bits per heavy atom. The Balaban J connectivity index is 2.46. The van der Waals surface area contributed by atoms with Gasteiger partial charge in [0.05, 0.1) is 7.11 Å². The lowest BCUT2D eigenvalue weighted by atomic mass is 9.99. The summed E-state index contributed by atoms with van der Waals surface area (Å²) in [4.78, 5) is 47.5. The van der Waals surface area contributed by atoms with E-state index in [4.69, 9.17) is 4.74 Å². The van der Waals surface area contributed by atoms with Crippen molar-refractivity contribution in [1.82, 2.24) is 10.6 Å². The first-order valence-corrected chi connectivity index (χ1v) is 9.07. The molecule has 0 aliphatic heterocycles. The molecule has 1 rings (SSSR count). The van der Waals surface area contributed by atoms with Crippen molar-refractivity contribution in [3.05, 3.63) is 34.9 Å². The van der Waals surface area contributed by atoms with Gasteiger partial charge in [-0.1, -0.05) is 26.3 Å². The van der Waals surface area contributed by atoms with E-state index in [1.807, 2.05) is 26.8 Å². The van der Waals surface area contributed by atoms with Crippen molar-refractivity contribution in [1.29, 1.82) is 0 Å². The first-order valence-electron chi connectivity index (χ1n) is 9.07. The highest BCUT2D eigenvalue weighted by Crippen LogP contribution is 2.10. The summed E-state index contributed by atoms with van der Waals surface area (Å²) in [6, 6.07) is 4.40. The van der Waals surface area contributed by atoms with Crippen LogP contribution in [0.3, 0.4) is 0 Å². The number of hydrogen-bond acceptors (Lipinski definition) is 6. The number of amides is 2. The van der Waals surface area contributed by atoms with Gasteiger partial charge in [0.15, 0.2) is 6.61 Å². The summed E-state index contributed by atoms with van der Waals surface area (Å²) >= 11 is 0. The van der Waals surface area contributed by atoms with Crippen LogP contribution in [0.25, 0.3) is 0 Å². The zero-order valence-corrected chi connectivity index (χ0v) is 17.0. The van der Waals surface area contributed by atoms with E-state index < -0.39 is 36.4 Å². The standard InChI is InChI=1S/C20H28N2O6/c1-6-12(2)18(20(26)27-5)22-16(23)11-28-17(24)10-21-19(25)15-8-7-13(3)14(4)9-15/h7-9,12,18H,6,10-11H2,1-5H3,(H,21,25)(H,22,23)/t12-,18+/m0/s1. The summed E-state index contributed by atoms with van der Waals surface area (Å²) in [5.41, 5.74) is 2.46. The van der Waals surface area contributed by atoms with Gasteiger partial charge in [-0.25, -0.2) is 4.79 Å². The molecular formula is C20H28N2O6. The van der Waals surface area contributed by atoms with Crippen LogP contribution >= 0.6 is 0 Å². The van der Waals surface area contributed by atoms with Crippen LogP contribution in [-0.2, 0) is 23.9 Å². The van der Waals surface area contributed by atoms with Crippen LogP contribution in [-0.4, -0.2) is 50.1 Å². The van der Waals surface area contributed by atoms with Gasteiger partial charge in [-0.15, -0.1) is 0 Å². The summed E-state index contributed by atoms with van der Waals surface area (Å²) < 4.78 is 9.52. The Hall–Kier alpha value is -2.90. The van der Waals surface area contributed by atoms with E-state index in [0.29, 0.717) is 12.0 Å². The van der Waals surface area contributed by atoms with Crippen molar-refractivity contribution in [3.8, 4) is 0 Å². The molecule has 2 N–H and O–H groups in total. The van der Waals surface area contributed by atoms with E-state index in [9.17, 15) is 19.2 Å². The van der Waals surface area contributed by atoms with Gasteiger partial charge in [0.1, 0.15) is 12.6 Å².